The van der Waals surface area contributed by atoms with Crippen LogP contribution in [0, 0.1) is 11.8 Å². The molecule has 0 atom stereocenters. The summed E-state index contributed by atoms with van der Waals surface area (Å²) in [4.78, 5) is 9.02. The number of aromatic nitrogens is 2. The Morgan fingerprint density at radius 2 is 1.74 bits per heavy atom. The highest BCUT2D eigenvalue weighted by molar-refractivity contribution is 5.46. The van der Waals surface area contributed by atoms with Crippen molar-refractivity contribution < 1.29 is 0 Å². The molecule has 0 aromatic carbocycles. The monoisotopic (exact) mass is 260 g/mol. The Morgan fingerprint density at radius 1 is 1.16 bits per heavy atom. The number of hydrogen-bond donors (Lipinski definition) is 2. The lowest BCUT2D eigenvalue weighted by molar-refractivity contribution is 0.540. The van der Waals surface area contributed by atoms with Gasteiger partial charge in [-0.2, -0.15) is 0 Å². The first-order chi connectivity index (χ1) is 8.93. The van der Waals surface area contributed by atoms with E-state index in [1.54, 1.807) is 0 Å². The lowest BCUT2D eigenvalue weighted by atomic mass is 9.96. The standard InChI is InChI=1S/C15H24N4/c1-15(2,3)14-17-11(16)8-12(19-14)18-13(9-4-5-9)10-6-7-10/h8-10,13H,4-7H2,1-3H3,(H3,16,17,18,19). The van der Waals surface area contributed by atoms with E-state index in [2.05, 4.69) is 36.1 Å². The van der Waals surface area contributed by atoms with Gasteiger partial charge in [0.15, 0.2) is 0 Å². The fourth-order valence-corrected chi connectivity index (χ4v) is 2.58. The van der Waals surface area contributed by atoms with E-state index in [-0.39, 0.29) is 5.41 Å². The van der Waals surface area contributed by atoms with E-state index >= 15 is 0 Å². The molecule has 0 unspecified atom stereocenters. The largest absolute Gasteiger partial charge is 0.384 e. The maximum atomic E-state index is 5.92. The maximum Gasteiger partial charge on any atom is 0.138 e. The molecule has 3 N–H and O–H groups in total. The van der Waals surface area contributed by atoms with Crippen molar-refractivity contribution >= 4 is 11.6 Å². The molecular formula is C15H24N4. The van der Waals surface area contributed by atoms with Crippen molar-refractivity contribution in [1.29, 1.82) is 0 Å². The molecule has 0 amide bonds. The van der Waals surface area contributed by atoms with Crippen LogP contribution in [0.15, 0.2) is 6.07 Å². The van der Waals surface area contributed by atoms with Crippen LogP contribution in [0.25, 0.3) is 0 Å². The average Bonchev–Trinajstić information content (AvgIpc) is 3.16. The van der Waals surface area contributed by atoms with Gasteiger partial charge in [0, 0.05) is 17.5 Å². The van der Waals surface area contributed by atoms with Gasteiger partial charge in [-0.15, -0.1) is 0 Å². The molecule has 1 heterocycles. The second-order valence-electron chi connectivity index (χ2n) is 7.10. The summed E-state index contributed by atoms with van der Waals surface area (Å²) >= 11 is 0. The number of rotatable bonds is 4. The Kier molecular flexibility index (Phi) is 2.91. The Labute approximate surface area is 115 Å². The fourth-order valence-electron chi connectivity index (χ4n) is 2.58. The summed E-state index contributed by atoms with van der Waals surface area (Å²) < 4.78 is 0. The minimum Gasteiger partial charge on any atom is -0.384 e. The first kappa shape index (κ1) is 12.7. The molecule has 2 aliphatic rings. The van der Waals surface area contributed by atoms with Gasteiger partial charge >= 0.3 is 0 Å². The second kappa shape index (κ2) is 4.36. The zero-order valence-corrected chi connectivity index (χ0v) is 12.1. The van der Waals surface area contributed by atoms with E-state index in [1.807, 2.05) is 6.07 Å². The van der Waals surface area contributed by atoms with Gasteiger partial charge in [-0.3, -0.25) is 0 Å². The van der Waals surface area contributed by atoms with Crippen LogP contribution in [-0.2, 0) is 5.41 Å². The van der Waals surface area contributed by atoms with Gasteiger partial charge < -0.3 is 11.1 Å². The molecule has 2 fully saturated rings. The number of anilines is 2. The fraction of sp³-hybridized carbons (Fsp3) is 0.733. The number of hydrogen-bond acceptors (Lipinski definition) is 4. The highest BCUT2D eigenvalue weighted by atomic mass is 15.1. The van der Waals surface area contributed by atoms with Gasteiger partial charge in [0.1, 0.15) is 17.5 Å². The van der Waals surface area contributed by atoms with Crippen molar-refractivity contribution in [3.63, 3.8) is 0 Å². The minimum absolute atomic E-state index is 0.0690. The van der Waals surface area contributed by atoms with Crippen LogP contribution < -0.4 is 11.1 Å². The zero-order chi connectivity index (χ0) is 13.6. The summed E-state index contributed by atoms with van der Waals surface area (Å²) in [6, 6.07) is 2.47. The van der Waals surface area contributed by atoms with Gasteiger partial charge in [0.25, 0.3) is 0 Å². The predicted molar refractivity (Wildman–Crippen MR) is 78.0 cm³/mol. The highest BCUT2D eigenvalue weighted by Crippen LogP contribution is 2.45. The van der Waals surface area contributed by atoms with Crippen LogP contribution in [0.4, 0.5) is 11.6 Å². The Bertz CT molecular complexity index is 458. The van der Waals surface area contributed by atoms with Crippen LogP contribution in [0.3, 0.4) is 0 Å². The van der Waals surface area contributed by atoms with Crippen molar-refractivity contribution in [1.82, 2.24) is 9.97 Å². The Balaban J connectivity index is 1.81. The number of nitrogens with two attached hydrogens (primary N) is 1. The zero-order valence-electron chi connectivity index (χ0n) is 12.1. The molecule has 0 saturated heterocycles. The first-order valence-electron chi connectivity index (χ1n) is 7.35. The van der Waals surface area contributed by atoms with Gasteiger partial charge in [0.2, 0.25) is 0 Å². The molecule has 4 nitrogen and oxygen atoms in total. The van der Waals surface area contributed by atoms with Crippen molar-refractivity contribution in [3.05, 3.63) is 11.9 Å². The van der Waals surface area contributed by atoms with Crippen LogP contribution >= 0.6 is 0 Å². The molecular weight excluding hydrogens is 236 g/mol. The van der Waals surface area contributed by atoms with Crippen LogP contribution in [0.1, 0.15) is 52.3 Å². The van der Waals surface area contributed by atoms with E-state index in [0.717, 1.165) is 23.5 Å². The summed E-state index contributed by atoms with van der Waals surface area (Å²) in [5.74, 6) is 3.98. The number of nitrogens with one attached hydrogen (secondary N) is 1. The van der Waals surface area contributed by atoms with E-state index in [1.165, 1.54) is 25.7 Å². The average molecular weight is 260 g/mol. The third-order valence-corrected chi connectivity index (χ3v) is 3.99. The molecule has 19 heavy (non-hydrogen) atoms. The third-order valence-electron chi connectivity index (χ3n) is 3.99. The van der Waals surface area contributed by atoms with Crippen LogP contribution in [-0.4, -0.2) is 16.0 Å². The van der Waals surface area contributed by atoms with Crippen LogP contribution in [0.5, 0.6) is 0 Å². The number of nitrogens with zero attached hydrogens (tertiary/aromatic N) is 2. The van der Waals surface area contributed by atoms with Gasteiger partial charge in [-0.05, 0) is 37.5 Å². The predicted octanol–water partition coefficient (Wildman–Crippen LogP) is 2.96. The van der Waals surface area contributed by atoms with Crippen molar-refractivity contribution in [2.24, 2.45) is 11.8 Å². The SMILES string of the molecule is CC(C)(C)c1nc(N)cc(NC(C2CC2)C2CC2)n1. The molecule has 1 aromatic rings. The molecule has 0 bridgehead atoms. The summed E-state index contributed by atoms with van der Waals surface area (Å²) in [5, 5.41) is 3.63. The quantitative estimate of drug-likeness (QED) is 0.873. The normalized spacial score (nSPS) is 19.8. The third kappa shape index (κ3) is 2.99. The summed E-state index contributed by atoms with van der Waals surface area (Å²) in [6.07, 6.45) is 5.45. The smallest absolute Gasteiger partial charge is 0.138 e. The van der Waals surface area contributed by atoms with E-state index < -0.39 is 0 Å². The lowest BCUT2D eigenvalue weighted by Gasteiger charge is -2.21. The van der Waals surface area contributed by atoms with E-state index in [9.17, 15) is 0 Å². The lowest BCUT2D eigenvalue weighted by Crippen LogP contribution is -2.26. The first-order valence-corrected chi connectivity index (χ1v) is 7.35. The highest BCUT2D eigenvalue weighted by Gasteiger charge is 2.41. The molecule has 3 rings (SSSR count). The Hall–Kier alpha value is -1.32. The minimum atomic E-state index is -0.0690. The Morgan fingerprint density at radius 3 is 2.21 bits per heavy atom. The van der Waals surface area contributed by atoms with Crippen molar-refractivity contribution in [2.75, 3.05) is 11.1 Å². The summed E-state index contributed by atoms with van der Waals surface area (Å²) in [7, 11) is 0. The number of nitrogen functional groups attached to an aromatic ring is 1. The van der Waals surface area contributed by atoms with Crippen molar-refractivity contribution in [3.8, 4) is 0 Å². The van der Waals surface area contributed by atoms with Gasteiger partial charge in [-0.1, -0.05) is 20.8 Å². The van der Waals surface area contributed by atoms with Gasteiger partial charge in [-0.25, -0.2) is 9.97 Å². The topological polar surface area (TPSA) is 63.8 Å². The molecule has 2 saturated carbocycles. The summed E-state index contributed by atoms with van der Waals surface area (Å²) in [5.41, 5.74) is 5.86. The molecule has 4 heteroatoms. The second-order valence-corrected chi connectivity index (χ2v) is 7.10. The maximum absolute atomic E-state index is 5.92. The molecule has 1 aromatic heterocycles. The van der Waals surface area contributed by atoms with Crippen LogP contribution in [0.2, 0.25) is 0 Å². The van der Waals surface area contributed by atoms with Crippen molar-refractivity contribution in [2.45, 2.75) is 57.9 Å². The van der Waals surface area contributed by atoms with E-state index in [0.29, 0.717) is 11.9 Å². The summed E-state index contributed by atoms with van der Waals surface area (Å²) in [6.45, 7) is 6.35. The van der Waals surface area contributed by atoms with E-state index in [4.69, 9.17) is 5.73 Å². The molecule has 0 aliphatic heterocycles. The molecule has 104 valence electrons. The van der Waals surface area contributed by atoms with Gasteiger partial charge in [0.05, 0.1) is 0 Å². The molecule has 0 spiro atoms. The molecule has 2 aliphatic carbocycles. The molecule has 0 radical (unpaired) electrons.